The number of nitrogens with two attached hydrogens (primary N) is 1. The van der Waals surface area contributed by atoms with Crippen LogP contribution in [0.4, 0.5) is 34.6 Å². The number of pyridine rings is 1. The molecule has 0 unspecified atom stereocenters. The van der Waals surface area contributed by atoms with E-state index < -0.39 is 17.6 Å². The quantitative estimate of drug-likeness (QED) is 0.237. The van der Waals surface area contributed by atoms with Crippen molar-refractivity contribution in [3.8, 4) is 0 Å². The number of hydrogen-bond donors (Lipinski definition) is 2. The summed E-state index contributed by atoms with van der Waals surface area (Å²) < 4.78 is 53.2. The molecular weight excluding hydrogens is 410 g/mol. The van der Waals surface area contributed by atoms with E-state index in [0.29, 0.717) is 16.9 Å². The van der Waals surface area contributed by atoms with Crippen molar-refractivity contribution in [3.63, 3.8) is 0 Å². The number of amidine groups is 1. The molecule has 2 aromatic carbocycles. The molecule has 31 heavy (non-hydrogen) atoms. The van der Waals surface area contributed by atoms with Crippen molar-refractivity contribution in [2.75, 3.05) is 11.1 Å². The largest absolute Gasteiger partial charge is 0.416 e. The SMILES string of the molecule is C=N/C=C(\C(=Nc1cc(N)ccc1F)Nc1cccnc1)c1ccc(C(F)(F)F)cc1. The zero-order valence-corrected chi connectivity index (χ0v) is 16.1. The van der Waals surface area contributed by atoms with E-state index in [0.717, 1.165) is 12.1 Å². The maximum Gasteiger partial charge on any atom is 0.416 e. The summed E-state index contributed by atoms with van der Waals surface area (Å²) in [5.41, 5.74) is 6.34. The van der Waals surface area contributed by atoms with Crippen LogP contribution in [0.2, 0.25) is 0 Å². The highest BCUT2D eigenvalue weighted by molar-refractivity contribution is 6.29. The minimum Gasteiger partial charge on any atom is -0.399 e. The number of nitrogens with one attached hydrogen (secondary N) is 1. The number of rotatable bonds is 5. The highest BCUT2D eigenvalue weighted by Crippen LogP contribution is 2.31. The van der Waals surface area contributed by atoms with Crippen LogP contribution in [0.25, 0.3) is 5.57 Å². The van der Waals surface area contributed by atoms with Crippen LogP contribution in [0, 0.1) is 5.82 Å². The third-order valence-corrected chi connectivity index (χ3v) is 4.13. The van der Waals surface area contributed by atoms with Crippen molar-refractivity contribution in [2.45, 2.75) is 6.18 Å². The Morgan fingerprint density at radius 1 is 1.10 bits per heavy atom. The van der Waals surface area contributed by atoms with E-state index in [4.69, 9.17) is 5.73 Å². The first-order chi connectivity index (χ1) is 14.8. The highest BCUT2D eigenvalue weighted by atomic mass is 19.4. The van der Waals surface area contributed by atoms with Crippen LogP contribution in [0.3, 0.4) is 0 Å². The van der Waals surface area contributed by atoms with Gasteiger partial charge in [0.15, 0.2) is 0 Å². The topological polar surface area (TPSA) is 75.7 Å². The smallest absolute Gasteiger partial charge is 0.399 e. The van der Waals surface area contributed by atoms with E-state index in [2.05, 4.69) is 27.0 Å². The first-order valence-electron chi connectivity index (χ1n) is 8.92. The lowest BCUT2D eigenvalue weighted by Crippen LogP contribution is -2.15. The van der Waals surface area contributed by atoms with Crippen molar-refractivity contribution in [1.82, 2.24) is 4.98 Å². The second kappa shape index (κ2) is 9.21. The standard InChI is InChI=1S/C22H17F4N5/c1-28-13-18(14-4-6-15(7-5-14)22(24,25)26)21(30-17-3-2-10-29-12-17)31-20-11-16(27)8-9-19(20)23/h2-13H,1,27H2,(H,30,31)/b18-13-. The van der Waals surface area contributed by atoms with Crippen LogP contribution >= 0.6 is 0 Å². The zero-order valence-electron chi connectivity index (χ0n) is 16.1. The van der Waals surface area contributed by atoms with Gasteiger partial charge in [-0.05, 0) is 54.7 Å². The van der Waals surface area contributed by atoms with E-state index in [-0.39, 0.29) is 17.1 Å². The van der Waals surface area contributed by atoms with Gasteiger partial charge in [-0.25, -0.2) is 9.38 Å². The summed E-state index contributed by atoms with van der Waals surface area (Å²) in [5.74, 6) is -0.511. The number of halogens is 4. The second-order valence-corrected chi connectivity index (χ2v) is 6.34. The lowest BCUT2D eigenvalue weighted by molar-refractivity contribution is -0.137. The molecule has 1 heterocycles. The van der Waals surface area contributed by atoms with Gasteiger partial charge in [-0.1, -0.05) is 12.1 Å². The first kappa shape index (κ1) is 21.7. The van der Waals surface area contributed by atoms with Gasteiger partial charge in [0, 0.05) is 23.7 Å². The Morgan fingerprint density at radius 2 is 1.84 bits per heavy atom. The van der Waals surface area contributed by atoms with Crippen LogP contribution < -0.4 is 11.1 Å². The molecule has 0 spiro atoms. The Hall–Kier alpha value is -4.01. The summed E-state index contributed by atoms with van der Waals surface area (Å²) in [6, 6.07) is 11.7. The normalized spacial score (nSPS) is 12.5. The maximum absolute atomic E-state index is 14.3. The number of nitrogen functional groups attached to an aromatic ring is 1. The fourth-order valence-corrected chi connectivity index (χ4v) is 2.67. The molecule has 0 saturated heterocycles. The minimum atomic E-state index is -4.48. The molecule has 0 radical (unpaired) electrons. The molecule has 3 aromatic rings. The van der Waals surface area contributed by atoms with Gasteiger partial charge in [-0.2, -0.15) is 13.2 Å². The number of alkyl halides is 3. The van der Waals surface area contributed by atoms with E-state index in [9.17, 15) is 17.6 Å². The Morgan fingerprint density at radius 3 is 2.45 bits per heavy atom. The van der Waals surface area contributed by atoms with Crippen molar-refractivity contribution in [2.24, 2.45) is 9.98 Å². The average molecular weight is 427 g/mol. The minimum absolute atomic E-state index is 0.0618. The van der Waals surface area contributed by atoms with Crippen LogP contribution in [-0.2, 0) is 6.18 Å². The van der Waals surface area contributed by atoms with Crippen LogP contribution in [0.5, 0.6) is 0 Å². The third-order valence-electron chi connectivity index (χ3n) is 4.13. The summed E-state index contributed by atoms with van der Waals surface area (Å²) in [6.45, 7) is 3.42. The molecule has 0 aliphatic carbocycles. The van der Waals surface area contributed by atoms with Crippen molar-refractivity contribution < 1.29 is 17.6 Å². The first-order valence-corrected chi connectivity index (χ1v) is 8.92. The predicted molar refractivity (Wildman–Crippen MR) is 115 cm³/mol. The van der Waals surface area contributed by atoms with Gasteiger partial charge in [0.2, 0.25) is 0 Å². The summed E-state index contributed by atoms with van der Waals surface area (Å²) >= 11 is 0. The van der Waals surface area contributed by atoms with Gasteiger partial charge in [0.1, 0.15) is 17.3 Å². The molecule has 9 heteroatoms. The van der Waals surface area contributed by atoms with Crippen LogP contribution in [0.15, 0.2) is 83.2 Å². The van der Waals surface area contributed by atoms with Crippen molar-refractivity contribution in [3.05, 3.63) is 90.1 Å². The molecule has 0 aliphatic heterocycles. The molecule has 0 saturated carbocycles. The third kappa shape index (κ3) is 5.53. The number of aliphatic imine (C=N–C) groups is 2. The molecule has 3 rings (SSSR count). The molecule has 0 bridgehead atoms. The Kier molecular flexibility index (Phi) is 6.44. The van der Waals surface area contributed by atoms with Crippen LogP contribution in [0.1, 0.15) is 11.1 Å². The van der Waals surface area contributed by atoms with Crippen LogP contribution in [-0.4, -0.2) is 17.5 Å². The van der Waals surface area contributed by atoms with Gasteiger partial charge in [-0.15, -0.1) is 0 Å². The summed E-state index contributed by atoms with van der Waals surface area (Å²) in [6.07, 6.45) is -0.0852. The molecule has 3 N–H and O–H groups in total. The number of benzene rings is 2. The average Bonchev–Trinajstić information content (AvgIpc) is 2.74. The molecule has 1 aromatic heterocycles. The molecule has 0 amide bonds. The monoisotopic (exact) mass is 427 g/mol. The lowest BCUT2D eigenvalue weighted by atomic mass is 10.0. The number of hydrogen-bond acceptors (Lipinski definition) is 4. The van der Waals surface area contributed by atoms with E-state index in [1.807, 2.05) is 0 Å². The Bertz CT molecular complexity index is 1120. The molecule has 5 nitrogen and oxygen atoms in total. The fraction of sp³-hybridized carbons (Fsp3) is 0.0455. The van der Waals surface area contributed by atoms with Gasteiger partial charge in [0.05, 0.1) is 17.4 Å². The fourth-order valence-electron chi connectivity index (χ4n) is 2.67. The Balaban J connectivity index is 2.12. The molecule has 0 fully saturated rings. The highest BCUT2D eigenvalue weighted by Gasteiger charge is 2.30. The van der Waals surface area contributed by atoms with Crippen molar-refractivity contribution >= 4 is 35.2 Å². The van der Waals surface area contributed by atoms with Gasteiger partial charge in [-0.3, -0.25) is 9.98 Å². The Labute approximate surface area is 175 Å². The van der Waals surface area contributed by atoms with Crippen molar-refractivity contribution in [1.29, 1.82) is 0 Å². The summed E-state index contributed by atoms with van der Waals surface area (Å²) in [4.78, 5) is 12.1. The van der Waals surface area contributed by atoms with E-state index in [1.54, 1.807) is 18.3 Å². The lowest BCUT2D eigenvalue weighted by Gasteiger charge is -2.15. The number of aromatic nitrogens is 1. The molecule has 0 aliphatic rings. The van der Waals surface area contributed by atoms with E-state index >= 15 is 0 Å². The summed E-state index contributed by atoms with van der Waals surface area (Å²) in [7, 11) is 0. The van der Waals surface area contributed by atoms with Gasteiger partial charge >= 0.3 is 6.18 Å². The number of anilines is 2. The molecule has 0 atom stereocenters. The molecular formula is C22H17F4N5. The second-order valence-electron chi connectivity index (χ2n) is 6.34. The van der Waals surface area contributed by atoms with Gasteiger partial charge in [0.25, 0.3) is 0 Å². The zero-order chi connectivity index (χ0) is 22.4. The maximum atomic E-state index is 14.3. The predicted octanol–water partition coefficient (Wildman–Crippen LogP) is 5.71. The number of nitrogens with zero attached hydrogens (tertiary/aromatic N) is 3. The summed E-state index contributed by atoms with van der Waals surface area (Å²) in [5, 5.41) is 3.00. The van der Waals surface area contributed by atoms with E-state index in [1.165, 1.54) is 42.7 Å². The molecule has 158 valence electrons. The van der Waals surface area contributed by atoms with Gasteiger partial charge < -0.3 is 11.1 Å².